The normalized spacial score (nSPS) is 17.9. The standard InChI is InChI=1S/C18H17BrO/c1-12-4-2-3-5-14(12)10-15-7-6-13-8-9-16(19)11-17(13)18(15)20/h2-5,8-9,11,15H,6-7,10H2,1H3. The number of Topliss-reactive ketones (excluding diaryl/α,β-unsaturated/α-hetero) is 1. The maximum absolute atomic E-state index is 12.7. The molecule has 1 aliphatic rings. The van der Waals surface area contributed by atoms with Gasteiger partial charge in [0.15, 0.2) is 5.78 Å². The zero-order valence-corrected chi connectivity index (χ0v) is 13.1. The van der Waals surface area contributed by atoms with E-state index in [1.54, 1.807) is 0 Å². The van der Waals surface area contributed by atoms with Crippen LogP contribution in [0.4, 0.5) is 0 Å². The molecule has 1 aliphatic carbocycles. The predicted molar refractivity (Wildman–Crippen MR) is 85.2 cm³/mol. The van der Waals surface area contributed by atoms with Crippen molar-refractivity contribution >= 4 is 21.7 Å². The average Bonchev–Trinajstić information content (AvgIpc) is 2.45. The van der Waals surface area contributed by atoms with E-state index in [0.29, 0.717) is 5.78 Å². The molecule has 0 bridgehead atoms. The van der Waals surface area contributed by atoms with Gasteiger partial charge >= 0.3 is 0 Å². The van der Waals surface area contributed by atoms with Gasteiger partial charge in [-0.3, -0.25) is 4.79 Å². The van der Waals surface area contributed by atoms with E-state index in [2.05, 4.69) is 47.1 Å². The summed E-state index contributed by atoms with van der Waals surface area (Å²) in [6.45, 7) is 2.12. The molecule has 3 rings (SSSR count). The highest BCUT2D eigenvalue weighted by atomic mass is 79.9. The number of carbonyl (C=O) groups is 1. The third kappa shape index (κ3) is 2.57. The van der Waals surface area contributed by atoms with E-state index in [1.165, 1.54) is 16.7 Å². The third-order valence-electron chi connectivity index (χ3n) is 4.20. The lowest BCUT2D eigenvalue weighted by Gasteiger charge is -2.24. The Labute approximate surface area is 128 Å². The molecule has 1 unspecified atom stereocenters. The van der Waals surface area contributed by atoms with Crippen molar-refractivity contribution in [3.63, 3.8) is 0 Å². The summed E-state index contributed by atoms with van der Waals surface area (Å²) in [7, 11) is 0. The van der Waals surface area contributed by atoms with E-state index >= 15 is 0 Å². The van der Waals surface area contributed by atoms with Crippen LogP contribution in [0.2, 0.25) is 0 Å². The summed E-state index contributed by atoms with van der Waals surface area (Å²) in [6.07, 6.45) is 2.82. The van der Waals surface area contributed by atoms with Crippen LogP contribution in [-0.4, -0.2) is 5.78 Å². The van der Waals surface area contributed by atoms with Gasteiger partial charge in [-0.05, 0) is 55.0 Å². The van der Waals surface area contributed by atoms with Crippen molar-refractivity contribution in [2.24, 2.45) is 5.92 Å². The number of halogens is 1. The molecule has 0 aliphatic heterocycles. The van der Waals surface area contributed by atoms with Gasteiger partial charge in [-0.15, -0.1) is 0 Å². The van der Waals surface area contributed by atoms with E-state index in [4.69, 9.17) is 0 Å². The molecule has 0 saturated heterocycles. The van der Waals surface area contributed by atoms with Crippen molar-refractivity contribution in [1.29, 1.82) is 0 Å². The molecular weight excluding hydrogens is 312 g/mol. The lowest BCUT2D eigenvalue weighted by molar-refractivity contribution is 0.0901. The van der Waals surface area contributed by atoms with E-state index < -0.39 is 0 Å². The molecule has 0 saturated carbocycles. The molecule has 0 radical (unpaired) electrons. The summed E-state index contributed by atoms with van der Waals surface area (Å²) in [5.74, 6) is 0.425. The third-order valence-corrected chi connectivity index (χ3v) is 4.69. The topological polar surface area (TPSA) is 17.1 Å². The quantitative estimate of drug-likeness (QED) is 0.777. The molecule has 2 heteroatoms. The number of fused-ring (bicyclic) bond motifs is 1. The van der Waals surface area contributed by atoms with Gasteiger partial charge in [0.25, 0.3) is 0 Å². The van der Waals surface area contributed by atoms with Crippen LogP contribution in [0.5, 0.6) is 0 Å². The maximum Gasteiger partial charge on any atom is 0.166 e. The Hall–Kier alpha value is -1.41. The Bertz CT molecular complexity index is 660. The van der Waals surface area contributed by atoms with Gasteiger partial charge in [0.05, 0.1) is 0 Å². The molecule has 0 aromatic heterocycles. The fourth-order valence-electron chi connectivity index (χ4n) is 2.98. The van der Waals surface area contributed by atoms with E-state index in [9.17, 15) is 4.79 Å². The van der Waals surface area contributed by atoms with E-state index in [-0.39, 0.29) is 5.92 Å². The molecule has 1 nitrogen and oxygen atoms in total. The number of hydrogen-bond acceptors (Lipinski definition) is 1. The summed E-state index contributed by atoms with van der Waals surface area (Å²) in [4.78, 5) is 12.7. The van der Waals surface area contributed by atoms with Crippen LogP contribution in [0.25, 0.3) is 0 Å². The molecule has 0 spiro atoms. The molecule has 0 amide bonds. The first-order valence-corrected chi connectivity index (χ1v) is 7.81. The number of carbonyl (C=O) groups excluding carboxylic acids is 1. The van der Waals surface area contributed by atoms with E-state index in [0.717, 1.165) is 29.3 Å². The van der Waals surface area contributed by atoms with Crippen LogP contribution in [0.3, 0.4) is 0 Å². The highest BCUT2D eigenvalue weighted by Gasteiger charge is 2.27. The van der Waals surface area contributed by atoms with Crippen LogP contribution in [0, 0.1) is 12.8 Å². The average molecular weight is 329 g/mol. The zero-order valence-electron chi connectivity index (χ0n) is 11.5. The minimum atomic E-state index is 0.123. The summed E-state index contributed by atoms with van der Waals surface area (Å²) in [5, 5.41) is 0. The molecule has 0 heterocycles. The van der Waals surface area contributed by atoms with Crippen molar-refractivity contribution < 1.29 is 4.79 Å². The molecule has 2 aromatic carbocycles. The van der Waals surface area contributed by atoms with E-state index in [1.807, 2.05) is 18.2 Å². The van der Waals surface area contributed by atoms with Gasteiger partial charge in [0.1, 0.15) is 0 Å². The van der Waals surface area contributed by atoms with Crippen molar-refractivity contribution in [1.82, 2.24) is 0 Å². The predicted octanol–water partition coefficient (Wildman–Crippen LogP) is 4.75. The fraction of sp³-hybridized carbons (Fsp3) is 0.278. The summed E-state index contributed by atoms with van der Waals surface area (Å²) in [5.41, 5.74) is 4.67. The summed E-state index contributed by atoms with van der Waals surface area (Å²) < 4.78 is 0.987. The highest BCUT2D eigenvalue weighted by Crippen LogP contribution is 2.30. The number of hydrogen-bond donors (Lipinski definition) is 0. The van der Waals surface area contributed by atoms with Gasteiger partial charge in [-0.2, -0.15) is 0 Å². The van der Waals surface area contributed by atoms with Gasteiger partial charge in [0, 0.05) is 16.0 Å². The Morgan fingerprint density at radius 2 is 2.00 bits per heavy atom. The molecule has 0 fully saturated rings. The molecule has 102 valence electrons. The lowest BCUT2D eigenvalue weighted by Crippen LogP contribution is -2.24. The summed E-state index contributed by atoms with van der Waals surface area (Å²) in [6, 6.07) is 14.4. The van der Waals surface area contributed by atoms with Crippen LogP contribution >= 0.6 is 15.9 Å². The van der Waals surface area contributed by atoms with Crippen molar-refractivity contribution in [2.45, 2.75) is 26.2 Å². The second kappa shape index (κ2) is 5.53. The Kier molecular flexibility index (Phi) is 3.75. The lowest BCUT2D eigenvalue weighted by atomic mass is 9.79. The van der Waals surface area contributed by atoms with Crippen LogP contribution in [-0.2, 0) is 12.8 Å². The number of rotatable bonds is 2. The first-order chi connectivity index (χ1) is 9.65. The number of ketones is 1. The minimum Gasteiger partial charge on any atom is -0.294 e. The summed E-state index contributed by atoms with van der Waals surface area (Å²) >= 11 is 3.46. The monoisotopic (exact) mass is 328 g/mol. The smallest absolute Gasteiger partial charge is 0.166 e. The number of benzene rings is 2. The van der Waals surface area contributed by atoms with Crippen LogP contribution in [0.15, 0.2) is 46.9 Å². The zero-order chi connectivity index (χ0) is 14.1. The van der Waals surface area contributed by atoms with Crippen LogP contribution < -0.4 is 0 Å². The SMILES string of the molecule is Cc1ccccc1CC1CCc2ccc(Br)cc2C1=O. The van der Waals surface area contributed by atoms with Gasteiger partial charge in [-0.25, -0.2) is 0 Å². The first-order valence-electron chi connectivity index (χ1n) is 7.02. The Morgan fingerprint density at radius 1 is 1.20 bits per heavy atom. The van der Waals surface area contributed by atoms with Gasteiger partial charge in [0.2, 0.25) is 0 Å². The molecular formula is C18H17BrO. The molecule has 20 heavy (non-hydrogen) atoms. The minimum absolute atomic E-state index is 0.123. The second-order valence-corrected chi connectivity index (χ2v) is 6.45. The molecule has 2 aromatic rings. The van der Waals surface area contributed by atoms with Crippen molar-refractivity contribution in [2.75, 3.05) is 0 Å². The second-order valence-electron chi connectivity index (χ2n) is 5.53. The van der Waals surface area contributed by atoms with Gasteiger partial charge < -0.3 is 0 Å². The first kappa shape index (κ1) is 13.6. The maximum atomic E-state index is 12.7. The highest BCUT2D eigenvalue weighted by molar-refractivity contribution is 9.10. The fourth-order valence-corrected chi connectivity index (χ4v) is 3.34. The molecule has 0 N–H and O–H groups in total. The van der Waals surface area contributed by atoms with Gasteiger partial charge in [-0.1, -0.05) is 46.3 Å². The largest absolute Gasteiger partial charge is 0.294 e. The Morgan fingerprint density at radius 3 is 2.80 bits per heavy atom. The number of aryl methyl sites for hydroxylation is 2. The van der Waals surface area contributed by atoms with Crippen LogP contribution in [0.1, 0.15) is 33.5 Å². The Balaban J connectivity index is 1.87. The van der Waals surface area contributed by atoms with Crippen molar-refractivity contribution in [3.8, 4) is 0 Å². The van der Waals surface area contributed by atoms with Crippen molar-refractivity contribution in [3.05, 3.63) is 69.2 Å². The molecule has 1 atom stereocenters.